The lowest BCUT2D eigenvalue weighted by molar-refractivity contribution is 0.408. The molecule has 1 aromatic heterocycles. The van der Waals surface area contributed by atoms with E-state index in [1.165, 1.54) is 6.07 Å². The van der Waals surface area contributed by atoms with Crippen LogP contribution in [0.4, 0.5) is 13.2 Å². The van der Waals surface area contributed by atoms with Gasteiger partial charge in [-0.2, -0.15) is 0 Å². The van der Waals surface area contributed by atoms with E-state index in [1.54, 1.807) is 6.07 Å². The molecule has 0 fully saturated rings. The van der Waals surface area contributed by atoms with Crippen LogP contribution in [0.5, 0.6) is 0 Å². The van der Waals surface area contributed by atoms with Crippen molar-refractivity contribution in [3.05, 3.63) is 47.5 Å². The molecule has 0 saturated carbocycles. The summed E-state index contributed by atoms with van der Waals surface area (Å²) in [6, 6.07) is 4.48. The van der Waals surface area contributed by atoms with E-state index < -0.39 is 17.5 Å². The highest BCUT2D eigenvalue weighted by Gasteiger charge is 2.19. The molecule has 0 aliphatic rings. The molecule has 5 heteroatoms. The van der Waals surface area contributed by atoms with Crippen molar-refractivity contribution in [2.75, 3.05) is 6.54 Å². The topological polar surface area (TPSA) is 25.2 Å². The third-order valence-electron chi connectivity index (χ3n) is 3.27. The molecule has 2 nitrogen and oxygen atoms in total. The van der Waals surface area contributed by atoms with Crippen LogP contribution >= 0.6 is 0 Å². The van der Waals surface area contributed by atoms with Gasteiger partial charge in [-0.3, -0.25) is 0 Å². The second-order valence-corrected chi connectivity index (χ2v) is 4.86. The first-order valence-electron chi connectivity index (χ1n) is 7.04. The van der Waals surface area contributed by atoms with Gasteiger partial charge in [-0.15, -0.1) is 0 Å². The van der Waals surface area contributed by atoms with Crippen molar-refractivity contribution in [2.45, 2.75) is 32.7 Å². The van der Waals surface area contributed by atoms with Crippen LogP contribution in [-0.2, 0) is 0 Å². The third kappa shape index (κ3) is 3.47. The zero-order chi connectivity index (χ0) is 15.4. The molecule has 0 radical (unpaired) electrons. The Labute approximate surface area is 122 Å². The van der Waals surface area contributed by atoms with Crippen LogP contribution in [0.1, 0.15) is 38.5 Å². The highest BCUT2D eigenvalue weighted by molar-refractivity contribution is 5.59. The SMILES string of the molecule is CCCNC(CC)c1ccc(-c2c(F)cc(F)cc2F)o1. The van der Waals surface area contributed by atoms with Gasteiger partial charge in [-0.1, -0.05) is 13.8 Å². The standard InChI is InChI=1S/C16H18F3NO/c1-3-7-20-13(4-2)14-5-6-15(21-14)16-11(18)8-10(17)9-12(16)19/h5-6,8-9,13,20H,3-4,7H2,1-2H3. The largest absolute Gasteiger partial charge is 0.459 e. The average molecular weight is 297 g/mol. The molecule has 1 unspecified atom stereocenters. The summed E-state index contributed by atoms with van der Waals surface area (Å²) in [6.07, 6.45) is 1.77. The Hall–Kier alpha value is -1.75. The van der Waals surface area contributed by atoms with Crippen LogP contribution in [0.3, 0.4) is 0 Å². The van der Waals surface area contributed by atoms with Gasteiger partial charge in [0, 0.05) is 12.1 Å². The first-order chi connectivity index (χ1) is 10.1. The Balaban J connectivity index is 2.31. The Kier molecular flexibility index (Phi) is 5.07. The predicted molar refractivity (Wildman–Crippen MR) is 75.3 cm³/mol. The highest BCUT2D eigenvalue weighted by atomic mass is 19.1. The van der Waals surface area contributed by atoms with Gasteiger partial charge in [0.1, 0.15) is 29.0 Å². The number of furan rings is 1. The van der Waals surface area contributed by atoms with E-state index in [-0.39, 0.29) is 17.4 Å². The van der Waals surface area contributed by atoms with E-state index in [2.05, 4.69) is 12.2 Å². The Morgan fingerprint density at radius 1 is 1.10 bits per heavy atom. The van der Waals surface area contributed by atoms with Crippen LogP contribution in [0, 0.1) is 17.5 Å². The van der Waals surface area contributed by atoms with Crippen LogP contribution in [0.15, 0.2) is 28.7 Å². The summed E-state index contributed by atoms with van der Waals surface area (Å²) in [6.45, 7) is 4.87. The molecule has 1 aromatic carbocycles. The fourth-order valence-electron chi connectivity index (χ4n) is 2.22. The lowest BCUT2D eigenvalue weighted by atomic mass is 10.1. The molecule has 0 aliphatic heterocycles. The Bertz CT molecular complexity index is 586. The van der Waals surface area contributed by atoms with Crippen molar-refractivity contribution in [1.82, 2.24) is 5.32 Å². The van der Waals surface area contributed by atoms with Gasteiger partial charge in [0.05, 0.1) is 11.6 Å². The van der Waals surface area contributed by atoms with Gasteiger partial charge < -0.3 is 9.73 Å². The van der Waals surface area contributed by atoms with Gasteiger partial charge in [-0.05, 0) is 31.5 Å². The minimum Gasteiger partial charge on any atom is -0.459 e. The lowest BCUT2D eigenvalue weighted by Gasteiger charge is -2.13. The van der Waals surface area contributed by atoms with E-state index in [1.807, 2.05) is 6.92 Å². The zero-order valence-electron chi connectivity index (χ0n) is 12.1. The summed E-state index contributed by atoms with van der Waals surface area (Å²) in [5.74, 6) is -2.21. The lowest BCUT2D eigenvalue weighted by Crippen LogP contribution is -2.20. The second kappa shape index (κ2) is 6.80. The first kappa shape index (κ1) is 15.6. The average Bonchev–Trinajstić information content (AvgIpc) is 2.88. The van der Waals surface area contributed by atoms with E-state index >= 15 is 0 Å². The third-order valence-corrected chi connectivity index (χ3v) is 3.27. The number of benzene rings is 1. The molecule has 0 spiro atoms. The molecule has 1 heterocycles. The molecule has 21 heavy (non-hydrogen) atoms. The maximum absolute atomic E-state index is 13.7. The summed E-state index contributed by atoms with van der Waals surface area (Å²) in [5, 5.41) is 3.30. The minimum absolute atomic E-state index is 0.00901. The van der Waals surface area contributed by atoms with Crippen LogP contribution in [0.25, 0.3) is 11.3 Å². The summed E-state index contributed by atoms with van der Waals surface area (Å²) in [5.41, 5.74) is -0.340. The van der Waals surface area contributed by atoms with Gasteiger partial charge >= 0.3 is 0 Å². The molecule has 0 amide bonds. The van der Waals surface area contributed by atoms with Crippen molar-refractivity contribution >= 4 is 0 Å². The number of halogens is 3. The van der Waals surface area contributed by atoms with E-state index in [9.17, 15) is 13.2 Å². The fraction of sp³-hybridized carbons (Fsp3) is 0.375. The zero-order valence-corrected chi connectivity index (χ0v) is 12.1. The van der Waals surface area contributed by atoms with Gasteiger partial charge in [0.15, 0.2) is 0 Å². The molecule has 2 aromatic rings. The molecule has 1 atom stereocenters. The summed E-state index contributed by atoms with van der Waals surface area (Å²) in [7, 11) is 0. The van der Waals surface area contributed by atoms with Crippen molar-refractivity contribution in [3.8, 4) is 11.3 Å². The molecule has 114 valence electrons. The van der Waals surface area contributed by atoms with Crippen molar-refractivity contribution < 1.29 is 17.6 Å². The number of hydrogen-bond acceptors (Lipinski definition) is 2. The normalized spacial score (nSPS) is 12.6. The van der Waals surface area contributed by atoms with E-state index in [4.69, 9.17) is 4.42 Å². The quantitative estimate of drug-likeness (QED) is 0.827. The maximum Gasteiger partial charge on any atom is 0.140 e. The number of rotatable bonds is 6. The highest BCUT2D eigenvalue weighted by Crippen LogP contribution is 2.31. The molecular formula is C16H18F3NO. The van der Waals surface area contributed by atoms with Gasteiger partial charge in [0.25, 0.3) is 0 Å². The van der Waals surface area contributed by atoms with Crippen molar-refractivity contribution in [3.63, 3.8) is 0 Å². The van der Waals surface area contributed by atoms with Crippen molar-refractivity contribution in [1.29, 1.82) is 0 Å². The first-order valence-corrected chi connectivity index (χ1v) is 7.04. The monoisotopic (exact) mass is 297 g/mol. The molecule has 2 rings (SSSR count). The van der Waals surface area contributed by atoms with Crippen LogP contribution in [-0.4, -0.2) is 6.54 Å². The number of nitrogens with one attached hydrogen (secondary N) is 1. The van der Waals surface area contributed by atoms with E-state index in [0.29, 0.717) is 17.9 Å². The van der Waals surface area contributed by atoms with Crippen LogP contribution in [0.2, 0.25) is 0 Å². The molecule has 0 bridgehead atoms. The van der Waals surface area contributed by atoms with Gasteiger partial charge in [-0.25, -0.2) is 13.2 Å². The second-order valence-electron chi connectivity index (χ2n) is 4.86. The summed E-state index contributed by atoms with van der Waals surface area (Å²) in [4.78, 5) is 0. The Morgan fingerprint density at radius 2 is 1.76 bits per heavy atom. The predicted octanol–water partition coefficient (Wildman–Crippen LogP) is 4.81. The molecule has 0 saturated heterocycles. The minimum atomic E-state index is -0.969. The molecule has 0 aliphatic carbocycles. The fourth-order valence-corrected chi connectivity index (χ4v) is 2.22. The maximum atomic E-state index is 13.7. The number of hydrogen-bond donors (Lipinski definition) is 1. The van der Waals surface area contributed by atoms with Gasteiger partial charge in [0.2, 0.25) is 0 Å². The smallest absolute Gasteiger partial charge is 0.140 e. The molecular weight excluding hydrogens is 279 g/mol. The molecule has 1 N–H and O–H groups in total. The van der Waals surface area contributed by atoms with Crippen LogP contribution < -0.4 is 5.32 Å². The Morgan fingerprint density at radius 3 is 2.33 bits per heavy atom. The summed E-state index contributed by atoms with van der Waals surface area (Å²) >= 11 is 0. The van der Waals surface area contributed by atoms with E-state index in [0.717, 1.165) is 19.4 Å². The summed E-state index contributed by atoms with van der Waals surface area (Å²) < 4.78 is 46.0. The van der Waals surface area contributed by atoms with Crippen molar-refractivity contribution in [2.24, 2.45) is 0 Å².